The Morgan fingerprint density at radius 2 is 2.43 bits per heavy atom. The molecule has 0 aliphatic carbocycles. The van der Waals surface area contributed by atoms with Gasteiger partial charge in [0.2, 0.25) is 0 Å². The summed E-state index contributed by atoms with van der Waals surface area (Å²) in [6.45, 7) is 0.712. The maximum atomic E-state index is 8.24. The second-order valence-corrected chi connectivity index (χ2v) is 1.42. The van der Waals surface area contributed by atoms with Crippen LogP contribution in [0.1, 0.15) is 0 Å². The van der Waals surface area contributed by atoms with Crippen molar-refractivity contribution in [2.75, 3.05) is 20.2 Å². The molecule has 0 heterocycles. The molecule has 0 amide bonds. The third-order valence-electron chi connectivity index (χ3n) is 0.591. The molecule has 3 heteroatoms. The molecule has 2 nitrogen and oxygen atoms in total. The monoisotopic (exact) mass is 118 g/mol. The van der Waals surface area contributed by atoms with Gasteiger partial charge in [-0.15, -0.1) is 0 Å². The van der Waals surface area contributed by atoms with Gasteiger partial charge in [-0.1, -0.05) is 12.2 Å². The van der Waals surface area contributed by atoms with Gasteiger partial charge in [-0.25, -0.2) is 0 Å². The predicted octanol–water partition coefficient (Wildman–Crippen LogP) is -0.255. The zero-order valence-electron chi connectivity index (χ0n) is 4.22. The van der Waals surface area contributed by atoms with Crippen molar-refractivity contribution in [2.45, 2.75) is 0 Å². The Kier molecular flexibility index (Phi) is 3.93. The highest BCUT2D eigenvalue weighted by Crippen LogP contribution is 1.71. The molecule has 0 rings (SSSR count). The molecule has 0 aromatic heterocycles. The summed E-state index contributed by atoms with van der Waals surface area (Å²) in [6, 6.07) is 0. The quantitative estimate of drug-likeness (QED) is 0.408. The Morgan fingerprint density at radius 1 is 1.86 bits per heavy atom. The lowest BCUT2D eigenvalue weighted by Gasteiger charge is -2.06. The molecule has 1 radical (unpaired) electrons. The van der Waals surface area contributed by atoms with Crippen LogP contribution in [0.3, 0.4) is 0 Å². The zero-order chi connectivity index (χ0) is 5.70. The number of nitrogens with zero attached hydrogens (tertiary/aromatic N) is 1. The van der Waals surface area contributed by atoms with E-state index in [1.54, 1.807) is 11.9 Å². The molecule has 0 atom stereocenters. The lowest BCUT2D eigenvalue weighted by Crippen LogP contribution is -2.18. The fraction of sp³-hybridized carbons (Fsp3) is 0.750. The summed E-state index contributed by atoms with van der Waals surface area (Å²) >= 11 is 4.40. The molecule has 1 N–H and O–H groups in total. The van der Waals surface area contributed by atoms with Crippen LogP contribution in [0.4, 0.5) is 0 Å². The molecule has 0 aliphatic heterocycles. The predicted molar refractivity (Wildman–Crippen MR) is 32.3 cm³/mol. The summed E-state index contributed by atoms with van der Waals surface area (Å²) in [4.78, 5) is 1.62. The summed E-state index contributed by atoms with van der Waals surface area (Å²) in [5.74, 6) is 0. The van der Waals surface area contributed by atoms with Crippen LogP contribution in [0.5, 0.6) is 0 Å². The molecule has 0 aromatic rings. The van der Waals surface area contributed by atoms with Gasteiger partial charge in [-0.2, -0.15) is 0 Å². The van der Waals surface area contributed by atoms with E-state index in [1.807, 2.05) is 0 Å². The van der Waals surface area contributed by atoms with E-state index in [4.69, 9.17) is 5.11 Å². The molecule has 41 valence electrons. The van der Waals surface area contributed by atoms with Gasteiger partial charge >= 0.3 is 0 Å². The Balaban J connectivity index is 2.98. The molecule has 0 fully saturated rings. The standard InChI is InChI=1S/C4H8NOS/c1-5(4-7)2-3-6/h6H,2-3H2,1H3. The van der Waals surface area contributed by atoms with Crippen LogP contribution in [0, 0.1) is 0 Å². The molecule has 0 aliphatic rings. The van der Waals surface area contributed by atoms with Gasteiger partial charge in [-0.05, 0) is 0 Å². The van der Waals surface area contributed by atoms with E-state index >= 15 is 0 Å². The molecule has 0 saturated carbocycles. The number of thiocarbonyl (C=S) groups is 1. The summed E-state index contributed by atoms with van der Waals surface area (Å²) in [5, 5.41) is 8.24. The summed E-state index contributed by atoms with van der Waals surface area (Å²) < 4.78 is 0. The molecule has 0 spiro atoms. The van der Waals surface area contributed by atoms with Crippen molar-refractivity contribution in [3.63, 3.8) is 0 Å². The minimum absolute atomic E-state index is 0.139. The first-order valence-corrected chi connectivity index (χ1v) is 2.42. The summed E-state index contributed by atoms with van der Waals surface area (Å²) in [6.07, 6.45) is 0. The van der Waals surface area contributed by atoms with Crippen LogP contribution < -0.4 is 0 Å². The fourth-order valence-electron chi connectivity index (χ4n) is 0.196. The molecular weight excluding hydrogens is 110 g/mol. The van der Waals surface area contributed by atoms with Crippen molar-refractivity contribution in [3.8, 4) is 0 Å². The first kappa shape index (κ1) is 6.85. The van der Waals surface area contributed by atoms with E-state index in [-0.39, 0.29) is 6.61 Å². The molecule has 7 heavy (non-hydrogen) atoms. The van der Waals surface area contributed by atoms with Crippen molar-refractivity contribution in [3.05, 3.63) is 0 Å². The Labute approximate surface area is 48.7 Å². The number of likely N-dealkylation sites (N-methyl/N-ethyl adjacent to an activating group) is 1. The number of aliphatic hydroxyl groups is 1. The Morgan fingerprint density at radius 3 is 2.57 bits per heavy atom. The fourth-order valence-corrected chi connectivity index (χ4v) is 0.287. The van der Waals surface area contributed by atoms with Gasteiger partial charge in [0.15, 0.2) is 0 Å². The average molecular weight is 118 g/mol. The minimum Gasteiger partial charge on any atom is -0.395 e. The van der Waals surface area contributed by atoms with Crippen LogP contribution in [-0.4, -0.2) is 35.7 Å². The molecule has 0 unspecified atom stereocenters. The first-order valence-electron chi connectivity index (χ1n) is 2.01. The number of rotatable bonds is 3. The SMILES string of the molecule is CN([C]=S)CCO. The number of aliphatic hydroxyl groups excluding tert-OH is 1. The van der Waals surface area contributed by atoms with Gasteiger partial charge < -0.3 is 10.0 Å². The summed E-state index contributed by atoms with van der Waals surface area (Å²) in [5.41, 5.74) is 2.42. The smallest absolute Gasteiger partial charge is 0.136 e. The second-order valence-electron chi connectivity index (χ2n) is 1.24. The van der Waals surface area contributed by atoms with Crippen molar-refractivity contribution in [1.82, 2.24) is 4.90 Å². The van der Waals surface area contributed by atoms with Gasteiger partial charge in [0.1, 0.15) is 5.49 Å². The number of hydrogen-bond acceptors (Lipinski definition) is 2. The van der Waals surface area contributed by atoms with E-state index in [0.29, 0.717) is 6.54 Å². The Hall–Kier alpha value is -0.150. The maximum absolute atomic E-state index is 8.24. The van der Waals surface area contributed by atoms with Gasteiger partial charge in [0.05, 0.1) is 6.61 Å². The van der Waals surface area contributed by atoms with E-state index in [1.165, 1.54) is 0 Å². The molecular formula is C4H8NOS. The largest absolute Gasteiger partial charge is 0.395 e. The second kappa shape index (κ2) is 4.02. The van der Waals surface area contributed by atoms with Gasteiger partial charge in [-0.3, -0.25) is 0 Å². The highest BCUT2D eigenvalue weighted by molar-refractivity contribution is 7.78. The normalized spacial score (nSPS) is 8.29. The van der Waals surface area contributed by atoms with Crippen LogP contribution in [0.15, 0.2) is 0 Å². The van der Waals surface area contributed by atoms with Gasteiger partial charge in [0.25, 0.3) is 0 Å². The van der Waals surface area contributed by atoms with E-state index in [0.717, 1.165) is 0 Å². The zero-order valence-corrected chi connectivity index (χ0v) is 5.03. The maximum Gasteiger partial charge on any atom is 0.136 e. The van der Waals surface area contributed by atoms with E-state index in [2.05, 4.69) is 17.7 Å². The number of hydrogen-bond donors (Lipinski definition) is 1. The minimum atomic E-state index is 0.139. The van der Waals surface area contributed by atoms with Crippen LogP contribution in [0.25, 0.3) is 0 Å². The first-order chi connectivity index (χ1) is 3.31. The third kappa shape index (κ3) is 3.69. The Bertz CT molecular complexity index is 57.7. The van der Waals surface area contributed by atoms with Crippen molar-refractivity contribution in [2.24, 2.45) is 0 Å². The van der Waals surface area contributed by atoms with Crippen LogP contribution in [-0.2, 0) is 0 Å². The van der Waals surface area contributed by atoms with Crippen molar-refractivity contribution < 1.29 is 5.11 Å². The van der Waals surface area contributed by atoms with Crippen molar-refractivity contribution in [1.29, 1.82) is 0 Å². The van der Waals surface area contributed by atoms with E-state index in [9.17, 15) is 0 Å². The van der Waals surface area contributed by atoms with Crippen LogP contribution in [0.2, 0.25) is 0 Å². The lowest BCUT2D eigenvalue weighted by molar-refractivity contribution is 0.267. The average Bonchev–Trinajstić information content (AvgIpc) is 1.68. The van der Waals surface area contributed by atoms with Crippen molar-refractivity contribution >= 4 is 17.7 Å². The molecule has 0 saturated heterocycles. The van der Waals surface area contributed by atoms with E-state index < -0.39 is 0 Å². The lowest BCUT2D eigenvalue weighted by atomic mass is 10.6. The summed E-state index contributed by atoms with van der Waals surface area (Å²) in [7, 11) is 1.77. The third-order valence-corrected chi connectivity index (χ3v) is 0.903. The molecule has 0 bridgehead atoms. The highest BCUT2D eigenvalue weighted by atomic mass is 32.1. The van der Waals surface area contributed by atoms with Crippen LogP contribution >= 0.6 is 12.2 Å². The highest BCUT2D eigenvalue weighted by Gasteiger charge is 1.84. The molecule has 0 aromatic carbocycles. The topological polar surface area (TPSA) is 23.5 Å². The van der Waals surface area contributed by atoms with Gasteiger partial charge in [0, 0.05) is 13.6 Å².